The molecule has 2 aromatic heterocycles. The van der Waals surface area contributed by atoms with Gasteiger partial charge in [0.2, 0.25) is 11.8 Å². The number of rotatable bonds is 12. The highest BCUT2D eigenvalue weighted by atomic mass is 16.5. The Bertz CT molecular complexity index is 2530. The molecule has 336 valence electrons. The van der Waals surface area contributed by atoms with Crippen LogP contribution in [0.15, 0.2) is 73.1 Å². The Morgan fingerprint density at radius 3 is 1.72 bits per heavy atom. The number of aromatic nitrogens is 4. The normalized spacial score (nSPS) is 23.7. The molecule has 4 heterocycles. The molecule has 64 heavy (non-hydrogen) atoms. The summed E-state index contributed by atoms with van der Waals surface area (Å²) in [7, 11) is 2.69. The first-order valence-electron chi connectivity index (χ1n) is 23.2. The molecule has 13 heteroatoms. The zero-order valence-electron chi connectivity index (χ0n) is 37.8. The van der Waals surface area contributed by atoms with Crippen LogP contribution in [0.3, 0.4) is 0 Å². The van der Waals surface area contributed by atoms with E-state index in [9.17, 15) is 19.2 Å². The van der Waals surface area contributed by atoms with E-state index in [-0.39, 0.29) is 60.2 Å². The lowest BCUT2D eigenvalue weighted by atomic mass is 9.90. The van der Waals surface area contributed by atoms with Gasteiger partial charge in [-0.3, -0.25) is 14.4 Å². The van der Waals surface area contributed by atoms with Gasteiger partial charge in [0.15, 0.2) is 0 Å². The van der Waals surface area contributed by atoms with Crippen molar-refractivity contribution < 1.29 is 28.7 Å². The number of carbonyl (C=O) groups excluding carboxylic acids is 4. The number of ether oxygens (including phenoxy) is 2. The summed E-state index contributed by atoms with van der Waals surface area (Å²) in [5.74, 6) is 1.47. The average Bonchev–Trinajstić information content (AvgIpc) is 4.16. The minimum absolute atomic E-state index is 0.00574. The Hall–Kier alpha value is -5.98. The number of hydrogen-bond donors (Lipinski definition) is 3. The maximum atomic E-state index is 14.2. The number of nitrogens with one attached hydrogen (secondary N) is 3. The van der Waals surface area contributed by atoms with Crippen LogP contribution in [0, 0.1) is 29.6 Å². The number of likely N-dealkylation sites (tertiary alicyclic amines) is 2. The average molecular weight is 868 g/mol. The molecule has 9 rings (SSSR count). The molecule has 0 unspecified atom stereocenters. The van der Waals surface area contributed by atoms with Gasteiger partial charge >= 0.3 is 12.1 Å². The maximum Gasteiger partial charge on any atom is 0.407 e. The number of amides is 3. The maximum absolute atomic E-state index is 14.2. The molecule has 4 fully saturated rings. The summed E-state index contributed by atoms with van der Waals surface area (Å²) in [6, 6.07) is 20.7. The van der Waals surface area contributed by atoms with E-state index < -0.39 is 18.1 Å². The molecule has 3 N–H and O–H groups in total. The van der Waals surface area contributed by atoms with Gasteiger partial charge < -0.3 is 34.6 Å². The summed E-state index contributed by atoms with van der Waals surface area (Å²) in [5, 5.41) is 5.02. The van der Waals surface area contributed by atoms with Gasteiger partial charge in [-0.1, -0.05) is 89.1 Å². The third-order valence-electron chi connectivity index (χ3n) is 14.8. The predicted molar refractivity (Wildman–Crippen MR) is 244 cm³/mol. The molecule has 2 aliphatic heterocycles. The molecular formula is C51H61N7O6. The molecule has 2 aliphatic carbocycles. The fraction of sp³-hybridized carbons (Fsp3) is 0.490. The van der Waals surface area contributed by atoms with Crippen molar-refractivity contribution in [3.63, 3.8) is 0 Å². The minimum atomic E-state index is -0.684. The van der Waals surface area contributed by atoms with E-state index in [1.807, 2.05) is 45.0 Å². The van der Waals surface area contributed by atoms with Crippen LogP contribution in [0.5, 0.6) is 0 Å². The summed E-state index contributed by atoms with van der Waals surface area (Å²) in [6.07, 6.45) is 11.3. The first-order chi connectivity index (χ1) is 30.9. The number of H-pyrrole nitrogens is 2. The van der Waals surface area contributed by atoms with Crippen molar-refractivity contribution >= 4 is 34.6 Å². The molecule has 4 aliphatic rings. The van der Waals surface area contributed by atoms with Gasteiger partial charge in [0, 0.05) is 17.6 Å². The van der Waals surface area contributed by atoms with Gasteiger partial charge in [0.05, 0.1) is 62.4 Å². The third-order valence-corrected chi connectivity index (χ3v) is 14.8. The highest BCUT2D eigenvalue weighted by molar-refractivity contribution is 5.91. The number of imidazole rings is 2. The molecule has 2 saturated heterocycles. The summed E-state index contributed by atoms with van der Waals surface area (Å²) in [6.45, 7) is 7.89. The number of esters is 1. The van der Waals surface area contributed by atoms with Crippen molar-refractivity contribution in [3.8, 4) is 33.6 Å². The fourth-order valence-electron chi connectivity index (χ4n) is 11.4. The second-order valence-electron chi connectivity index (χ2n) is 19.2. The molecule has 5 aromatic rings. The zero-order valence-corrected chi connectivity index (χ0v) is 37.8. The Balaban J connectivity index is 0.899. The Morgan fingerprint density at radius 1 is 0.656 bits per heavy atom. The second-order valence-corrected chi connectivity index (χ2v) is 19.2. The molecule has 0 spiro atoms. The number of aromatic amines is 2. The van der Waals surface area contributed by atoms with E-state index in [1.54, 1.807) is 0 Å². The molecule has 8 atom stereocenters. The smallest absolute Gasteiger partial charge is 0.407 e. The van der Waals surface area contributed by atoms with E-state index in [0.717, 1.165) is 107 Å². The van der Waals surface area contributed by atoms with Crippen LogP contribution < -0.4 is 5.32 Å². The van der Waals surface area contributed by atoms with E-state index in [1.165, 1.54) is 14.2 Å². The van der Waals surface area contributed by atoms with Crippen molar-refractivity contribution in [1.29, 1.82) is 0 Å². The largest absolute Gasteiger partial charge is 0.469 e. The summed E-state index contributed by atoms with van der Waals surface area (Å²) < 4.78 is 9.83. The minimum Gasteiger partial charge on any atom is -0.469 e. The third kappa shape index (κ3) is 8.18. The predicted octanol–water partition coefficient (Wildman–Crippen LogP) is 9.39. The molecule has 13 nitrogen and oxygen atoms in total. The quantitative estimate of drug-likeness (QED) is 0.105. The molecular weight excluding hydrogens is 807 g/mol. The Kier molecular flexibility index (Phi) is 12.1. The standard InChI is InChI=1S/C51H61N7O6/c1-28(2)38(25-45(59)63-5)49(60)57-41-11-7-9-36(41)23-43(57)47-53-27-40(55-47)35-20-19-33-21-32(17-18-34(33)22-35)30-13-15-31(16-14-30)39-26-52-48(54-39)44-24-37-10-8-12-42(37)58(44)50(61)46(29(3)4)56-51(62)64-6/h13-22,26-29,36-38,41-44,46H,7-12,23-25H2,1-6H3,(H,52,54)(H,53,55)(H,56,62)/t36-,37-,38-,41-,42-,43-,44-,46-/m0/s1. The van der Waals surface area contributed by atoms with Crippen LogP contribution in [0.1, 0.15) is 109 Å². The number of hydrogen-bond acceptors (Lipinski definition) is 8. The number of carbonyl (C=O) groups is 4. The van der Waals surface area contributed by atoms with Crippen LogP contribution in [-0.2, 0) is 23.9 Å². The van der Waals surface area contributed by atoms with Gasteiger partial charge in [-0.05, 0) is 102 Å². The topological polar surface area (TPSA) is 163 Å². The lowest BCUT2D eigenvalue weighted by Gasteiger charge is -2.33. The summed E-state index contributed by atoms with van der Waals surface area (Å²) in [5.41, 5.74) is 6.03. The number of benzene rings is 3. The van der Waals surface area contributed by atoms with Crippen LogP contribution in [0.4, 0.5) is 4.79 Å². The van der Waals surface area contributed by atoms with Crippen LogP contribution in [0.2, 0.25) is 0 Å². The van der Waals surface area contributed by atoms with Crippen molar-refractivity contribution in [2.45, 2.75) is 116 Å². The van der Waals surface area contributed by atoms with Crippen LogP contribution in [0.25, 0.3) is 44.4 Å². The van der Waals surface area contributed by atoms with Gasteiger partial charge in [-0.15, -0.1) is 0 Å². The first-order valence-corrected chi connectivity index (χ1v) is 23.2. The molecule has 3 amide bonds. The second kappa shape index (κ2) is 17.9. The Labute approximate surface area is 375 Å². The number of methoxy groups -OCH3 is 2. The van der Waals surface area contributed by atoms with Crippen molar-refractivity contribution in [1.82, 2.24) is 35.1 Å². The van der Waals surface area contributed by atoms with Gasteiger partial charge in [0.1, 0.15) is 17.7 Å². The SMILES string of the molecule is COC(=O)C[C@H](C(=O)N1[C@H](c2ncc(-c3ccc4cc(-c5ccc(-c6cnc([C@@H]7C[C@@H]8CCC[C@@H]8N7C(=O)[C@@H](NC(=O)OC)C(C)C)[nH]6)cc5)ccc4c3)[nH]2)C[C@@H]2CCC[C@@H]21)C(C)C. The fourth-order valence-corrected chi connectivity index (χ4v) is 11.4. The first kappa shape index (κ1) is 43.3. The van der Waals surface area contributed by atoms with Crippen LogP contribution in [-0.4, -0.2) is 86.0 Å². The molecule has 0 bridgehead atoms. The highest BCUT2D eigenvalue weighted by Crippen LogP contribution is 2.49. The number of fused-ring (bicyclic) bond motifs is 3. The highest BCUT2D eigenvalue weighted by Gasteiger charge is 2.51. The van der Waals surface area contributed by atoms with E-state index in [4.69, 9.17) is 19.4 Å². The number of nitrogens with zero attached hydrogens (tertiary/aromatic N) is 4. The van der Waals surface area contributed by atoms with Crippen molar-refractivity contribution in [2.75, 3.05) is 14.2 Å². The van der Waals surface area contributed by atoms with Gasteiger partial charge in [0.25, 0.3) is 0 Å². The monoisotopic (exact) mass is 867 g/mol. The number of alkyl carbamates (subject to hydrolysis) is 1. The van der Waals surface area contributed by atoms with Gasteiger partial charge in [-0.2, -0.15) is 0 Å². The lowest BCUT2D eigenvalue weighted by Crippen LogP contribution is -2.53. The Morgan fingerprint density at radius 2 is 1.17 bits per heavy atom. The molecule has 2 saturated carbocycles. The van der Waals surface area contributed by atoms with Crippen LogP contribution >= 0.6 is 0 Å². The lowest BCUT2D eigenvalue weighted by molar-refractivity contribution is -0.149. The van der Waals surface area contributed by atoms with Gasteiger partial charge in [-0.25, -0.2) is 14.8 Å². The summed E-state index contributed by atoms with van der Waals surface area (Å²) in [4.78, 5) is 73.8. The van der Waals surface area contributed by atoms with Crippen molar-refractivity contribution in [2.24, 2.45) is 29.6 Å². The van der Waals surface area contributed by atoms with Crippen molar-refractivity contribution in [3.05, 3.63) is 84.7 Å². The van der Waals surface area contributed by atoms with E-state index in [2.05, 4.69) is 80.8 Å². The zero-order chi connectivity index (χ0) is 44.8. The molecule has 3 aromatic carbocycles. The molecule has 0 radical (unpaired) electrons. The van der Waals surface area contributed by atoms with E-state index in [0.29, 0.717) is 11.8 Å². The summed E-state index contributed by atoms with van der Waals surface area (Å²) >= 11 is 0. The van der Waals surface area contributed by atoms with E-state index >= 15 is 0 Å².